The van der Waals surface area contributed by atoms with E-state index in [4.69, 9.17) is 5.73 Å². The Bertz CT molecular complexity index is 552. The van der Waals surface area contributed by atoms with Crippen LogP contribution < -0.4 is 5.73 Å². The molecule has 0 bridgehead atoms. The molecule has 2 rings (SSSR count). The second-order valence-electron chi connectivity index (χ2n) is 4.59. The molecule has 2 aromatic rings. The van der Waals surface area contributed by atoms with E-state index in [1.165, 1.54) is 6.07 Å². The van der Waals surface area contributed by atoms with Crippen LogP contribution in [0.15, 0.2) is 36.4 Å². The van der Waals surface area contributed by atoms with Crippen molar-refractivity contribution in [1.29, 1.82) is 0 Å². The van der Waals surface area contributed by atoms with Crippen LogP contribution in [0.2, 0.25) is 0 Å². The fourth-order valence-corrected chi connectivity index (χ4v) is 1.97. The summed E-state index contributed by atoms with van der Waals surface area (Å²) in [7, 11) is 0. The molecule has 0 aliphatic carbocycles. The molecule has 2 N–H and O–H groups in total. The SMILES string of the molecule is Cc1cccc(C(N)Cc2cc(F)ccc2C)n1. The molecule has 0 saturated heterocycles. The van der Waals surface area contributed by atoms with Gasteiger partial charge in [-0.25, -0.2) is 4.39 Å². The van der Waals surface area contributed by atoms with E-state index < -0.39 is 0 Å². The predicted molar refractivity (Wildman–Crippen MR) is 70.7 cm³/mol. The number of hydrogen-bond donors (Lipinski definition) is 1. The van der Waals surface area contributed by atoms with Gasteiger partial charge in [-0.15, -0.1) is 0 Å². The molecule has 0 fully saturated rings. The van der Waals surface area contributed by atoms with E-state index in [-0.39, 0.29) is 11.9 Å². The van der Waals surface area contributed by atoms with Crippen molar-refractivity contribution in [3.05, 3.63) is 64.7 Å². The molecular formula is C15H17FN2. The van der Waals surface area contributed by atoms with Crippen molar-refractivity contribution >= 4 is 0 Å². The summed E-state index contributed by atoms with van der Waals surface area (Å²) in [4.78, 5) is 4.40. The van der Waals surface area contributed by atoms with Crippen LogP contribution in [-0.2, 0) is 6.42 Å². The van der Waals surface area contributed by atoms with Crippen molar-refractivity contribution in [1.82, 2.24) is 4.98 Å². The van der Waals surface area contributed by atoms with Crippen LogP contribution in [0, 0.1) is 19.7 Å². The Kier molecular flexibility index (Phi) is 3.72. The zero-order chi connectivity index (χ0) is 13.1. The summed E-state index contributed by atoms with van der Waals surface area (Å²) in [6.07, 6.45) is 0.597. The second kappa shape index (κ2) is 5.27. The zero-order valence-electron chi connectivity index (χ0n) is 10.7. The summed E-state index contributed by atoms with van der Waals surface area (Å²) in [5.74, 6) is -0.222. The minimum absolute atomic E-state index is 0.203. The van der Waals surface area contributed by atoms with Gasteiger partial charge in [0.2, 0.25) is 0 Å². The third kappa shape index (κ3) is 2.93. The summed E-state index contributed by atoms with van der Waals surface area (Å²) in [6.45, 7) is 3.90. The highest BCUT2D eigenvalue weighted by atomic mass is 19.1. The molecule has 1 aromatic heterocycles. The molecule has 1 unspecified atom stereocenters. The third-order valence-corrected chi connectivity index (χ3v) is 3.04. The Labute approximate surface area is 107 Å². The molecule has 94 valence electrons. The minimum Gasteiger partial charge on any atom is -0.322 e. The number of nitrogens with two attached hydrogens (primary N) is 1. The molecule has 0 amide bonds. The molecule has 18 heavy (non-hydrogen) atoms. The molecule has 1 heterocycles. The second-order valence-corrected chi connectivity index (χ2v) is 4.59. The van der Waals surface area contributed by atoms with E-state index >= 15 is 0 Å². The number of benzene rings is 1. The van der Waals surface area contributed by atoms with Crippen molar-refractivity contribution in [2.24, 2.45) is 5.73 Å². The van der Waals surface area contributed by atoms with Crippen molar-refractivity contribution in [2.75, 3.05) is 0 Å². The fourth-order valence-electron chi connectivity index (χ4n) is 1.97. The third-order valence-electron chi connectivity index (χ3n) is 3.04. The standard InChI is InChI=1S/C15H17FN2/c1-10-6-7-13(16)8-12(10)9-14(17)15-5-3-4-11(2)18-15/h3-8,14H,9,17H2,1-2H3. The van der Waals surface area contributed by atoms with Gasteiger partial charge < -0.3 is 5.73 Å². The number of halogens is 1. The maximum absolute atomic E-state index is 13.2. The lowest BCUT2D eigenvalue weighted by Crippen LogP contribution is -2.16. The van der Waals surface area contributed by atoms with E-state index in [9.17, 15) is 4.39 Å². The smallest absolute Gasteiger partial charge is 0.123 e. The van der Waals surface area contributed by atoms with E-state index in [0.717, 1.165) is 22.5 Å². The first-order chi connectivity index (χ1) is 8.56. The van der Waals surface area contributed by atoms with Gasteiger partial charge in [0.15, 0.2) is 0 Å². The average Bonchev–Trinajstić information content (AvgIpc) is 2.34. The molecule has 0 aliphatic rings. The quantitative estimate of drug-likeness (QED) is 0.901. The number of hydrogen-bond acceptors (Lipinski definition) is 2. The lowest BCUT2D eigenvalue weighted by atomic mass is 9.99. The Morgan fingerprint density at radius 1 is 1.22 bits per heavy atom. The topological polar surface area (TPSA) is 38.9 Å². The van der Waals surface area contributed by atoms with Crippen LogP contribution in [0.25, 0.3) is 0 Å². The molecule has 0 saturated carbocycles. The largest absolute Gasteiger partial charge is 0.322 e. The number of pyridine rings is 1. The van der Waals surface area contributed by atoms with Gasteiger partial charge in [-0.1, -0.05) is 12.1 Å². The van der Waals surface area contributed by atoms with Gasteiger partial charge in [-0.3, -0.25) is 4.98 Å². The fraction of sp³-hybridized carbons (Fsp3) is 0.267. The molecule has 1 atom stereocenters. The summed E-state index contributed by atoms with van der Waals surface area (Å²) in [5.41, 5.74) is 9.91. The zero-order valence-corrected chi connectivity index (χ0v) is 10.7. The highest BCUT2D eigenvalue weighted by molar-refractivity contribution is 5.28. The molecule has 0 radical (unpaired) electrons. The van der Waals surface area contributed by atoms with Crippen LogP contribution in [0.5, 0.6) is 0 Å². The highest BCUT2D eigenvalue weighted by Gasteiger charge is 2.11. The van der Waals surface area contributed by atoms with Gasteiger partial charge in [0.25, 0.3) is 0 Å². The van der Waals surface area contributed by atoms with Gasteiger partial charge in [-0.2, -0.15) is 0 Å². The first-order valence-corrected chi connectivity index (χ1v) is 6.00. The van der Waals surface area contributed by atoms with Crippen LogP contribution in [-0.4, -0.2) is 4.98 Å². The predicted octanol–water partition coefficient (Wildman–Crippen LogP) is 3.08. The maximum atomic E-state index is 13.2. The van der Waals surface area contributed by atoms with Gasteiger partial charge in [0, 0.05) is 5.69 Å². The summed E-state index contributed by atoms with van der Waals surface area (Å²) >= 11 is 0. The highest BCUT2D eigenvalue weighted by Crippen LogP contribution is 2.18. The number of rotatable bonds is 3. The van der Waals surface area contributed by atoms with Gasteiger partial charge in [0.05, 0.1) is 11.7 Å². The van der Waals surface area contributed by atoms with E-state index in [1.807, 2.05) is 32.0 Å². The van der Waals surface area contributed by atoms with Crippen LogP contribution in [0.1, 0.15) is 28.6 Å². The molecule has 2 nitrogen and oxygen atoms in total. The first-order valence-electron chi connectivity index (χ1n) is 6.00. The Morgan fingerprint density at radius 2 is 2.00 bits per heavy atom. The summed E-state index contributed by atoms with van der Waals surface area (Å²) in [5, 5.41) is 0. The number of nitrogens with zero attached hydrogens (tertiary/aromatic N) is 1. The van der Waals surface area contributed by atoms with Crippen molar-refractivity contribution < 1.29 is 4.39 Å². The monoisotopic (exact) mass is 244 g/mol. The van der Waals surface area contributed by atoms with E-state index in [2.05, 4.69) is 4.98 Å². The minimum atomic E-state index is -0.222. The average molecular weight is 244 g/mol. The maximum Gasteiger partial charge on any atom is 0.123 e. The van der Waals surface area contributed by atoms with Gasteiger partial charge in [0.1, 0.15) is 5.82 Å². The Morgan fingerprint density at radius 3 is 2.72 bits per heavy atom. The van der Waals surface area contributed by atoms with Gasteiger partial charge in [-0.05, 0) is 55.7 Å². The van der Waals surface area contributed by atoms with Crippen molar-refractivity contribution in [3.8, 4) is 0 Å². The van der Waals surface area contributed by atoms with Crippen LogP contribution >= 0.6 is 0 Å². The molecule has 0 aliphatic heterocycles. The van der Waals surface area contributed by atoms with Gasteiger partial charge >= 0.3 is 0 Å². The molecule has 1 aromatic carbocycles. The molecular weight excluding hydrogens is 227 g/mol. The number of aryl methyl sites for hydroxylation is 2. The summed E-state index contributed by atoms with van der Waals surface area (Å²) in [6, 6.07) is 10.4. The summed E-state index contributed by atoms with van der Waals surface area (Å²) < 4.78 is 13.2. The molecule has 3 heteroatoms. The van der Waals surface area contributed by atoms with Crippen LogP contribution in [0.3, 0.4) is 0 Å². The van der Waals surface area contributed by atoms with E-state index in [1.54, 1.807) is 12.1 Å². The first kappa shape index (κ1) is 12.7. The lowest BCUT2D eigenvalue weighted by molar-refractivity contribution is 0.619. The lowest BCUT2D eigenvalue weighted by Gasteiger charge is -2.13. The van der Waals surface area contributed by atoms with Crippen LogP contribution in [0.4, 0.5) is 4.39 Å². The normalized spacial score (nSPS) is 12.4. The Hall–Kier alpha value is -1.74. The van der Waals surface area contributed by atoms with Crippen molar-refractivity contribution in [3.63, 3.8) is 0 Å². The molecule has 0 spiro atoms. The Balaban J connectivity index is 2.21. The van der Waals surface area contributed by atoms with E-state index in [0.29, 0.717) is 6.42 Å². The van der Waals surface area contributed by atoms with Crippen molar-refractivity contribution in [2.45, 2.75) is 26.3 Å². The number of aromatic nitrogens is 1.